The van der Waals surface area contributed by atoms with E-state index in [1.807, 2.05) is 0 Å². The molecule has 2 aliphatic heterocycles. The van der Waals surface area contributed by atoms with Crippen LogP contribution in [0.25, 0.3) is 0 Å². The van der Waals surface area contributed by atoms with E-state index in [4.69, 9.17) is 0 Å². The number of hydrogen-bond acceptors (Lipinski definition) is 4. The smallest absolute Gasteiger partial charge is 0.262 e. The van der Waals surface area contributed by atoms with Gasteiger partial charge in [0.15, 0.2) is 11.6 Å². The fraction of sp³-hybridized carbons (Fsp3) is 0.240. The summed E-state index contributed by atoms with van der Waals surface area (Å²) in [5, 5.41) is 13.1. The third kappa shape index (κ3) is 3.91. The Hall–Kier alpha value is -3.52. The van der Waals surface area contributed by atoms with Crippen LogP contribution in [0.4, 0.5) is 24.5 Å². The molecule has 5 rings (SSSR count). The Labute approximate surface area is 189 Å². The maximum atomic E-state index is 13.9. The molecule has 2 aliphatic rings. The van der Waals surface area contributed by atoms with Crippen LogP contribution < -0.4 is 10.2 Å². The zero-order valence-electron chi connectivity index (χ0n) is 17.7. The number of phenols is 1. The van der Waals surface area contributed by atoms with E-state index in [0.717, 1.165) is 6.07 Å². The normalized spacial score (nSPS) is 17.7. The molecule has 3 aromatic rings. The Kier molecular flexibility index (Phi) is 5.25. The summed E-state index contributed by atoms with van der Waals surface area (Å²) < 4.78 is 40.8. The summed E-state index contributed by atoms with van der Waals surface area (Å²) in [5.41, 5.74) is 1.32. The second kappa shape index (κ2) is 8.12. The lowest BCUT2D eigenvalue weighted by atomic mass is 9.89. The largest absolute Gasteiger partial charge is 0.508 e. The first-order chi connectivity index (χ1) is 15.8. The SMILES string of the molecule is O=C1c2ccc(F)cc2NC2(CCN(Cc3ccc(F)c(F)c3)CC2)N1c1ccc(O)cc1. The molecule has 0 bridgehead atoms. The van der Waals surface area contributed by atoms with Crippen molar-refractivity contribution in [2.75, 3.05) is 23.3 Å². The van der Waals surface area contributed by atoms with Crippen LogP contribution in [0.15, 0.2) is 60.7 Å². The van der Waals surface area contributed by atoms with Gasteiger partial charge in [-0.15, -0.1) is 0 Å². The van der Waals surface area contributed by atoms with Crippen LogP contribution in [0.1, 0.15) is 28.8 Å². The van der Waals surface area contributed by atoms with Crippen LogP contribution in [0.5, 0.6) is 5.75 Å². The maximum Gasteiger partial charge on any atom is 0.262 e. The van der Waals surface area contributed by atoms with E-state index in [1.165, 1.54) is 36.4 Å². The lowest BCUT2D eigenvalue weighted by Crippen LogP contribution is -2.64. The number of nitrogens with zero attached hydrogens (tertiary/aromatic N) is 2. The standard InChI is InChI=1S/C25H22F3N3O2/c26-17-2-7-20-23(14-17)29-25(31(24(20)33)18-3-5-19(32)6-4-18)9-11-30(12-10-25)15-16-1-8-21(27)22(28)13-16/h1-8,13-14,29,32H,9-12,15H2. The predicted molar refractivity (Wildman–Crippen MR) is 119 cm³/mol. The number of anilines is 2. The first kappa shape index (κ1) is 21.3. The minimum Gasteiger partial charge on any atom is -0.508 e. The molecular weight excluding hydrogens is 431 g/mol. The van der Waals surface area contributed by atoms with Crippen LogP contribution in [0.2, 0.25) is 0 Å². The van der Waals surface area contributed by atoms with Gasteiger partial charge in [0.25, 0.3) is 5.91 Å². The molecule has 2 N–H and O–H groups in total. The van der Waals surface area contributed by atoms with Gasteiger partial charge < -0.3 is 10.4 Å². The highest BCUT2D eigenvalue weighted by Gasteiger charge is 2.47. The number of piperidine rings is 1. The molecule has 0 aromatic heterocycles. The van der Waals surface area contributed by atoms with E-state index in [2.05, 4.69) is 10.2 Å². The lowest BCUT2D eigenvalue weighted by Gasteiger charge is -2.52. The number of amides is 1. The highest BCUT2D eigenvalue weighted by molar-refractivity contribution is 6.12. The number of aromatic hydroxyl groups is 1. The summed E-state index contributed by atoms with van der Waals surface area (Å²) >= 11 is 0. The van der Waals surface area contributed by atoms with Gasteiger partial charge in [-0.1, -0.05) is 6.07 Å². The number of hydrogen-bond donors (Lipinski definition) is 2. The van der Waals surface area contributed by atoms with Crippen molar-refractivity contribution in [1.82, 2.24) is 4.90 Å². The van der Waals surface area contributed by atoms with Gasteiger partial charge in [0.1, 0.15) is 17.2 Å². The highest BCUT2D eigenvalue weighted by Crippen LogP contribution is 2.41. The number of likely N-dealkylation sites (tertiary alicyclic amines) is 1. The number of benzene rings is 3. The number of phenolic OH excluding ortho intramolecular Hbond substituents is 1. The van der Waals surface area contributed by atoms with Gasteiger partial charge in [0.05, 0.1) is 11.3 Å². The number of fused-ring (bicyclic) bond motifs is 1. The van der Waals surface area contributed by atoms with Gasteiger partial charge in [-0.2, -0.15) is 0 Å². The quantitative estimate of drug-likeness (QED) is 0.594. The van der Waals surface area contributed by atoms with Crippen molar-refractivity contribution in [3.8, 4) is 5.75 Å². The second-order valence-electron chi connectivity index (χ2n) is 8.53. The first-order valence-corrected chi connectivity index (χ1v) is 10.7. The minimum absolute atomic E-state index is 0.0917. The minimum atomic E-state index is -0.878. The van der Waals surface area contributed by atoms with Crippen LogP contribution in [-0.4, -0.2) is 34.7 Å². The third-order valence-electron chi connectivity index (χ3n) is 6.39. The fourth-order valence-corrected chi connectivity index (χ4v) is 4.72. The van der Waals surface area contributed by atoms with Crippen molar-refractivity contribution in [3.63, 3.8) is 0 Å². The van der Waals surface area contributed by atoms with E-state index in [0.29, 0.717) is 55.0 Å². The van der Waals surface area contributed by atoms with Gasteiger partial charge in [-0.05, 0) is 60.2 Å². The van der Waals surface area contributed by atoms with Crippen LogP contribution in [-0.2, 0) is 6.54 Å². The molecule has 33 heavy (non-hydrogen) atoms. The molecule has 170 valence electrons. The van der Waals surface area contributed by atoms with Gasteiger partial charge in [0.2, 0.25) is 0 Å². The van der Waals surface area contributed by atoms with Crippen molar-refractivity contribution >= 4 is 17.3 Å². The molecule has 2 heterocycles. The zero-order chi connectivity index (χ0) is 23.2. The molecule has 5 nitrogen and oxygen atoms in total. The number of carbonyl (C=O) groups is 1. The molecule has 0 atom stereocenters. The molecule has 1 saturated heterocycles. The number of nitrogens with one attached hydrogen (secondary N) is 1. The molecule has 8 heteroatoms. The Morgan fingerprint density at radius 3 is 2.33 bits per heavy atom. The maximum absolute atomic E-state index is 13.9. The van der Waals surface area contributed by atoms with Crippen molar-refractivity contribution < 1.29 is 23.1 Å². The Bertz CT molecular complexity index is 1210. The van der Waals surface area contributed by atoms with Gasteiger partial charge in [0, 0.05) is 38.2 Å². The predicted octanol–water partition coefficient (Wildman–Crippen LogP) is 4.87. The number of halogens is 3. The average Bonchev–Trinajstić information content (AvgIpc) is 2.79. The van der Waals surface area contributed by atoms with E-state index >= 15 is 0 Å². The molecule has 3 aromatic carbocycles. The van der Waals surface area contributed by atoms with Gasteiger partial charge >= 0.3 is 0 Å². The summed E-state index contributed by atoms with van der Waals surface area (Å²) in [5.74, 6) is -2.34. The molecule has 1 spiro atoms. The fourth-order valence-electron chi connectivity index (χ4n) is 4.72. The van der Waals surface area contributed by atoms with Gasteiger partial charge in [-0.3, -0.25) is 14.6 Å². The molecule has 1 fully saturated rings. The highest BCUT2D eigenvalue weighted by atomic mass is 19.2. The third-order valence-corrected chi connectivity index (χ3v) is 6.39. The number of rotatable bonds is 3. The van der Waals surface area contributed by atoms with E-state index in [-0.39, 0.29) is 11.7 Å². The number of carbonyl (C=O) groups excluding carboxylic acids is 1. The monoisotopic (exact) mass is 453 g/mol. The summed E-state index contributed by atoms with van der Waals surface area (Å²) in [6.07, 6.45) is 1.05. The van der Waals surface area contributed by atoms with Crippen LogP contribution >= 0.6 is 0 Å². The Morgan fingerprint density at radius 1 is 0.909 bits per heavy atom. The Morgan fingerprint density at radius 2 is 1.64 bits per heavy atom. The molecule has 0 unspecified atom stereocenters. The molecular formula is C25H22F3N3O2. The Balaban J connectivity index is 1.44. The summed E-state index contributed by atoms with van der Waals surface area (Å²) in [6, 6.07) is 14.3. The topological polar surface area (TPSA) is 55.8 Å². The zero-order valence-corrected chi connectivity index (χ0v) is 17.7. The summed E-state index contributed by atoms with van der Waals surface area (Å²) in [7, 11) is 0. The van der Waals surface area contributed by atoms with E-state index < -0.39 is 23.1 Å². The average molecular weight is 453 g/mol. The van der Waals surface area contributed by atoms with Crippen molar-refractivity contribution in [2.24, 2.45) is 0 Å². The van der Waals surface area contributed by atoms with E-state index in [1.54, 1.807) is 23.1 Å². The summed E-state index contributed by atoms with van der Waals surface area (Å²) in [4.78, 5) is 17.3. The first-order valence-electron chi connectivity index (χ1n) is 10.7. The summed E-state index contributed by atoms with van der Waals surface area (Å²) in [6.45, 7) is 1.61. The van der Waals surface area contributed by atoms with Crippen LogP contribution in [0, 0.1) is 17.5 Å². The van der Waals surface area contributed by atoms with Crippen LogP contribution in [0.3, 0.4) is 0 Å². The lowest BCUT2D eigenvalue weighted by molar-refractivity contribution is 0.0904. The molecule has 0 radical (unpaired) electrons. The van der Waals surface area contributed by atoms with E-state index in [9.17, 15) is 23.1 Å². The van der Waals surface area contributed by atoms with Crippen molar-refractivity contribution in [2.45, 2.75) is 25.0 Å². The second-order valence-corrected chi connectivity index (χ2v) is 8.53. The van der Waals surface area contributed by atoms with Crippen molar-refractivity contribution in [3.05, 3.63) is 89.2 Å². The molecule has 1 amide bonds. The molecule has 0 aliphatic carbocycles. The van der Waals surface area contributed by atoms with Gasteiger partial charge in [-0.25, -0.2) is 13.2 Å². The van der Waals surface area contributed by atoms with Crippen molar-refractivity contribution in [1.29, 1.82) is 0 Å². The molecule has 0 saturated carbocycles.